The van der Waals surface area contributed by atoms with Crippen LogP contribution < -0.4 is 10.2 Å². The molecule has 0 radical (unpaired) electrons. The van der Waals surface area contributed by atoms with Gasteiger partial charge in [0.1, 0.15) is 5.75 Å². The Balaban J connectivity index is 2.45. The van der Waals surface area contributed by atoms with Crippen molar-refractivity contribution in [1.82, 2.24) is 0 Å². The summed E-state index contributed by atoms with van der Waals surface area (Å²) in [7, 11) is 0.147. The maximum absolute atomic E-state index is 9.30. The van der Waals surface area contributed by atoms with E-state index in [-0.39, 0.29) is 0 Å². The van der Waals surface area contributed by atoms with E-state index in [0.717, 1.165) is 16.9 Å². The first-order valence-corrected chi connectivity index (χ1v) is 5.32. The van der Waals surface area contributed by atoms with Gasteiger partial charge in [0.2, 0.25) is 0 Å². The highest BCUT2D eigenvalue weighted by molar-refractivity contribution is 6.60. The molecule has 86 valence electrons. The van der Waals surface area contributed by atoms with Crippen LogP contribution in [0.5, 0.6) is 5.75 Å². The molecule has 0 amide bonds. The molecule has 0 saturated carbocycles. The number of methoxy groups -OCH3 is 1. The Hall–Kier alpha value is -1.78. The molecule has 4 heteroatoms. The molecule has 17 heavy (non-hydrogen) atoms. The molecule has 2 rings (SSSR count). The van der Waals surface area contributed by atoms with Gasteiger partial charge in [-0.3, -0.25) is 0 Å². The highest BCUT2D eigenvalue weighted by atomic mass is 16.5. The maximum atomic E-state index is 9.30. The van der Waals surface area contributed by atoms with Gasteiger partial charge in [-0.1, -0.05) is 36.4 Å². The van der Waals surface area contributed by atoms with Crippen LogP contribution in [0.15, 0.2) is 48.5 Å². The van der Waals surface area contributed by atoms with Crippen LogP contribution in [0.2, 0.25) is 0 Å². The van der Waals surface area contributed by atoms with E-state index in [0.29, 0.717) is 5.46 Å². The Bertz CT molecular complexity index is 494. The van der Waals surface area contributed by atoms with Crippen molar-refractivity contribution in [3.8, 4) is 16.9 Å². The monoisotopic (exact) mass is 228 g/mol. The van der Waals surface area contributed by atoms with Gasteiger partial charge in [-0.2, -0.15) is 0 Å². The number of rotatable bonds is 3. The molecular formula is C13H13BO3. The highest BCUT2D eigenvalue weighted by Crippen LogP contribution is 2.20. The number of hydrogen-bond donors (Lipinski definition) is 2. The summed E-state index contributed by atoms with van der Waals surface area (Å²) in [6, 6.07) is 14.7. The number of ether oxygens (including phenoxy) is 1. The molecule has 0 bridgehead atoms. The zero-order valence-corrected chi connectivity index (χ0v) is 9.50. The molecule has 0 aliphatic rings. The Morgan fingerprint density at radius 3 is 2.18 bits per heavy atom. The average molecular weight is 228 g/mol. The second kappa shape index (κ2) is 5.04. The van der Waals surface area contributed by atoms with Crippen molar-refractivity contribution in [2.45, 2.75) is 0 Å². The van der Waals surface area contributed by atoms with E-state index in [1.165, 1.54) is 0 Å². The maximum Gasteiger partial charge on any atom is 0.489 e. The van der Waals surface area contributed by atoms with E-state index >= 15 is 0 Å². The van der Waals surface area contributed by atoms with Gasteiger partial charge in [0.15, 0.2) is 0 Å². The van der Waals surface area contributed by atoms with E-state index < -0.39 is 7.12 Å². The van der Waals surface area contributed by atoms with Crippen LogP contribution in [0.4, 0.5) is 0 Å². The molecule has 0 aliphatic heterocycles. The first-order valence-electron chi connectivity index (χ1n) is 5.32. The molecule has 0 atom stereocenters. The van der Waals surface area contributed by atoms with E-state index in [1.54, 1.807) is 19.2 Å². The topological polar surface area (TPSA) is 49.7 Å². The van der Waals surface area contributed by atoms with Crippen molar-refractivity contribution in [2.24, 2.45) is 0 Å². The van der Waals surface area contributed by atoms with Gasteiger partial charge >= 0.3 is 7.12 Å². The fraction of sp³-hybridized carbons (Fsp3) is 0.0769. The Morgan fingerprint density at radius 2 is 1.59 bits per heavy atom. The summed E-state index contributed by atoms with van der Waals surface area (Å²) in [5, 5.41) is 18.6. The number of hydrogen-bond acceptors (Lipinski definition) is 3. The Morgan fingerprint density at radius 1 is 0.941 bits per heavy atom. The second-order valence-electron chi connectivity index (χ2n) is 3.69. The fourth-order valence-corrected chi connectivity index (χ4v) is 1.76. The normalized spacial score (nSPS) is 10.1. The second-order valence-corrected chi connectivity index (χ2v) is 3.69. The van der Waals surface area contributed by atoms with Gasteiger partial charge < -0.3 is 14.8 Å². The molecule has 0 spiro atoms. The van der Waals surface area contributed by atoms with Crippen molar-refractivity contribution in [1.29, 1.82) is 0 Å². The van der Waals surface area contributed by atoms with Crippen LogP contribution >= 0.6 is 0 Å². The predicted molar refractivity (Wildman–Crippen MR) is 68.3 cm³/mol. The lowest BCUT2D eigenvalue weighted by Crippen LogP contribution is -2.31. The van der Waals surface area contributed by atoms with E-state index in [2.05, 4.69) is 0 Å². The van der Waals surface area contributed by atoms with Crippen molar-refractivity contribution in [3.05, 3.63) is 48.5 Å². The minimum Gasteiger partial charge on any atom is -0.497 e. The summed E-state index contributed by atoms with van der Waals surface area (Å²) < 4.78 is 5.08. The summed E-state index contributed by atoms with van der Waals surface area (Å²) in [6.07, 6.45) is 0. The van der Waals surface area contributed by atoms with Gasteiger partial charge in [0.05, 0.1) is 7.11 Å². The Labute approximate surface area is 100 Å². The van der Waals surface area contributed by atoms with Gasteiger partial charge in [-0.05, 0) is 28.7 Å². The van der Waals surface area contributed by atoms with Gasteiger partial charge in [-0.25, -0.2) is 0 Å². The molecule has 0 aromatic heterocycles. The predicted octanol–water partition coefficient (Wildman–Crippen LogP) is 1.04. The molecule has 0 aliphatic carbocycles. The molecular weight excluding hydrogens is 215 g/mol. The summed E-state index contributed by atoms with van der Waals surface area (Å²) in [6.45, 7) is 0. The third-order valence-electron chi connectivity index (χ3n) is 2.64. The lowest BCUT2D eigenvalue weighted by atomic mass is 9.75. The minimum absolute atomic E-state index is 0.498. The molecule has 0 unspecified atom stereocenters. The zero-order chi connectivity index (χ0) is 12.3. The summed E-state index contributed by atoms with van der Waals surface area (Å²) >= 11 is 0. The minimum atomic E-state index is -1.46. The third kappa shape index (κ3) is 2.49. The summed E-state index contributed by atoms with van der Waals surface area (Å²) in [5.41, 5.74) is 2.23. The van der Waals surface area contributed by atoms with Crippen LogP contribution in [0, 0.1) is 0 Å². The Kier molecular flexibility index (Phi) is 3.47. The smallest absolute Gasteiger partial charge is 0.489 e. The molecule has 2 N–H and O–H groups in total. The SMILES string of the molecule is COc1ccc(-c2ccccc2B(O)O)cc1. The van der Waals surface area contributed by atoms with Crippen LogP contribution in [-0.4, -0.2) is 24.3 Å². The first-order chi connectivity index (χ1) is 8.22. The molecule has 0 saturated heterocycles. The average Bonchev–Trinajstić information content (AvgIpc) is 2.39. The largest absolute Gasteiger partial charge is 0.497 e. The fourth-order valence-electron chi connectivity index (χ4n) is 1.76. The van der Waals surface area contributed by atoms with E-state index in [1.807, 2.05) is 36.4 Å². The van der Waals surface area contributed by atoms with Crippen molar-refractivity contribution in [3.63, 3.8) is 0 Å². The van der Waals surface area contributed by atoms with E-state index in [9.17, 15) is 10.0 Å². The van der Waals surface area contributed by atoms with Crippen molar-refractivity contribution >= 4 is 12.6 Å². The molecule has 0 fully saturated rings. The molecule has 2 aromatic rings. The number of benzene rings is 2. The summed E-state index contributed by atoms with van der Waals surface area (Å²) in [5.74, 6) is 0.774. The summed E-state index contributed by atoms with van der Waals surface area (Å²) in [4.78, 5) is 0. The van der Waals surface area contributed by atoms with Crippen LogP contribution in [0.3, 0.4) is 0 Å². The van der Waals surface area contributed by atoms with Crippen molar-refractivity contribution in [2.75, 3.05) is 7.11 Å². The quantitative estimate of drug-likeness (QED) is 0.771. The molecule has 2 aromatic carbocycles. The van der Waals surface area contributed by atoms with Crippen LogP contribution in [0.25, 0.3) is 11.1 Å². The highest BCUT2D eigenvalue weighted by Gasteiger charge is 2.15. The lowest BCUT2D eigenvalue weighted by Gasteiger charge is -2.09. The van der Waals surface area contributed by atoms with E-state index in [4.69, 9.17) is 4.74 Å². The van der Waals surface area contributed by atoms with Crippen molar-refractivity contribution < 1.29 is 14.8 Å². The van der Waals surface area contributed by atoms with Crippen LogP contribution in [0.1, 0.15) is 0 Å². The van der Waals surface area contributed by atoms with Gasteiger partial charge in [-0.15, -0.1) is 0 Å². The standard InChI is InChI=1S/C13H13BO3/c1-17-11-8-6-10(7-9-11)12-4-2-3-5-13(12)14(15)16/h2-9,15-16H,1H3. The zero-order valence-electron chi connectivity index (χ0n) is 9.50. The van der Waals surface area contributed by atoms with Gasteiger partial charge in [0, 0.05) is 0 Å². The van der Waals surface area contributed by atoms with Crippen LogP contribution in [-0.2, 0) is 0 Å². The molecule has 0 heterocycles. The first kappa shape index (κ1) is 11.7. The molecule has 3 nitrogen and oxygen atoms in total. The van der Waals surface area contributed by atoms with Gasteiger partial charge in [0.25, 0.3) is 0 Å². The lowest BCUT2D eigenvalue weighted by molar-refractivity contribution is 0.415. The third-order valence-corrected chi connectivity index (χ3v) is 2.64.